The number of carbonyl (C=O) groups excluding carboxylic acids is 1. The van der Waals surface area contributed by atoms with Gasteiger partial charge in [-0.05, 0) is 50.0 Å². The van der Waals surface area contributed by atoms with Crippen LogP contribution in [0, 0.1) is 11.3 Å². The van der Waals surface area contributed by atoms with Crippen LogP contribution in [0.3, 0.4) is 0 Å². The summed E-state index contributed by atoms with van der Waals surface area (Å²) in [5.41, 5.74) is 0.437. The predicted octanol–water partition coefficient (Wildman–Crippen LogP) is 2.10. The second kappa shape index (κ2) is 6.60. The maximum Gasteiger partial charge on any atom is 0.233 e. The van der Waals surface area contributed by atoms with Gasteiger partial charge >= 0.3 is 0 Å². The third-order valence-corrected chi connectivity index (χ3v) is 4.24. The number of hydrogen-bond donors (Lipinski definition) is 2. The van der Waals surface area contributed by atoms with Gasteiger partial charge in [0.15, 0.2) is 0 Å². The molecule has 100 valence electrons. The monoisotopic (exact) mass is 260 g/mol. The molecule has 0 aromatic heterocycles. The lowest BCUT2D eigenvalue weighted by Gasteiger charge is -2.41. The quantitative estimate of drug-likeness (QED) is 0.736. The zero-order valence-corrected chi connectivity index (χ0v) is 11.6. The molecule has 2 fully saturated rings. The fourth-order valence-electron chi connectivity index (χ4n) is 2.39. The molecule has 0 radical (unpaired) electrons. The minimum Gasteiger partial charge on any atom is -0.354 e. The molecule has 2 aliphatic carbocycles. The van der Waals surface area contributed by atoms with Gasteiger partial charge in [-0.2, -0.15) is 0 Å². The van der Waals surface area contributed by atoms with Crippen molar-refractivity contribution < 1.29 is 4.79 Å². The average molecular weight is 261 g/mol. The van der Waals surface area contributed by atoms with Crippen LogP contribution < -0.4 is 10.6 Å². The van der Waals surface area contributed by atoms with E-state index < -0.39 is 0 Å². The highest BCUT2D eigenvalue weighted by Crippen LogP contribution is 2.42. The number of hydrogen-bond acceptors (Lipinski definition) is 2. The van der Waals surface area contributed by atoms with Crippen LogP contribution >= 0.6 is 12.4 Å². The number of rotatable bonds is 7. The largest absolute Gasteiger partial charge is 0.354 e. The highest BCUT2D eigenvalue weighted by atomic mass is 35.5. The van der Waals surface area contributed by atoms with Crippen molar-refractivity contribution in [2.24, 2.45) is 11.3 Å². The Bertz CT molecular complexity index is 244. The molecule has 4 heteroatoms. The van der Waals surface area contributed by atoms with Crippen LogP contribution in [0.4, 0.5) is 0 Å². The Labute approximate surface area is 111 Å². The first-order chi connectivity index (χ1) is 7.74. The van der Waals surface area contributed by atoms with Crippen LogP contribution in [0.25, 0.3) is 0 Å². The molecule has 2 N–H and O–H groups in total. The number of halogens is 1. The van der Waals surface area contributed by atoms with E-state index in [4.69, 9.17) is 0 Å². The molecule has 0 heterocycles. The van der Waals surface area contributed by atoms with Gasteiger partial charge in [0, 0.05) is 6.54 Å². The molecule has 0 saturated heterocycles. The molecule has 0 aromatic rings. The molecule has 0 bridgehead atoms. The second-order valence-electron chi connectivity index (χ2n) is 5.56. The summed E-state index contributed by atoms with van der Waals surface area (Å²) in [4.78, 5) is 11.6. The van der Waals surface area contributed by atoms with Crippen molar-refractivity contribution in [2.45, 2.75) is 45.4 Å². The first-order valence-corrected chi connectivity index (χ1v) is 6.71. The first kappa shape index (κ1) is 14.8. The first-order valence-electron chi connectivity index (χ1n) is 6.71. The zero-order valence-electron chi connectivity index (χ0n) is 10.8. The second-order valence-corrected chi connectivity index (χ2v) is 5.56. The lowest BCUT2D eigenvalue weighted by atomic mass is 9.67. The summed E-state index contributed by atoms with van der Waals surface area (Å²) in [6.45, 7) is 4.63. The van der Waals surface area contributed by atoms with E-state index in [0.29, 0.717) is 12.0 Å². The van der Waals surface area contributed by atoms with Gasteiger partial charge in [0.05, 0.1) is 6.54 Å². The minimum absolute atomic E-state index is 0. The van der Waals surface area contributed by atoms with E-state index in [2.05, 4.69) is 17.6 Å². The number of carbonyl (C=O) groups is 1. The third-order valence-electron chi connectivity index (χ3n) is 4.24. The highest BCUT2D eigenvalue weighted by molar-refractivity contribution is 5.85. The van der Waals surface area contributed by atoms with Crippen molar-refractivity contribution in [3.63, 3.8) is 0 Å². The van der Waals surface area contributed by atoms with Crippen molar-refractivity contribution in [2.75, 3.05) is 19.6 Å². The van der Waals surface area contributed by atoms with Gasteiger partial charge in [-0.15, -0.1) is 12.4 Å². The van der Waals surface area contributed by atoms with Crippen LogP contribution in [0.15, 0.2) is 0 Å². The van der Waals surface area contributed by atoms with E-state index in [1.165, 1.54) is 38.5 Å². The number of nitrogens with one attached hydrogen (secondary N) is 2. The Morgan fingerprint density at radius 3 is 2.53 bits per heavy atom. The third kappa shape index (κ3) is 4.47. The lowest BCUT2D eigenvalue weighted by molar-refractivity contribution is -0.121. The van der Waals surface area contributed by atoms with Gasteiger partial charge in [0.1, 0.15) is 0 Å². The SMILES string of the molecule is CCC1(CNC(=O)CNCC2CC2)CCC1.Cl. The van der Waals surface area contributed by atoms with E-state index >= 15 is 0 Å². The van der Waals surface area contributed by atoms with Crippen molar-refractivity contribution in [3.05, 3.63) is 0 Å². The molecule has 3 nitrogen and oxygen atoms in total. The highest BCUT2D eigenvalue weighted by Gasteiger charge is 2.35. The normalized spacial score (nSPS) is 21.2. The molecular weight excluding hydrogens is 236 g/mol. The molecule has 17 heavy (non-hydrogen) atoms. The Kier molecular flexibility index (Phi) is 5.74. The van der Waals surface area contributed by atoms with Gasteiger partial charge in [0.25, 0.3) is 0 Å². The summed E-state index contributed by atoms with van der Waals surface area (Å²) in [5.74, 6) is 1.02. The van der Waals surface area contributed by atoms with E-state index in [1.807, 2.05) is 0 Å². The smallest absolute Gasteiger partial charge is 0.233 e. The fourth-order valence-corrected chi connectivity index (χ4v) is 2.39. The molecule has 0 atom stereocenters. The van der Waals surface area contributed by atoms with E-state index in [0.717, 1.165) is 19.0 Å². The van der Waals surface area contributed by atoms with Crippen molar-refractivity contribution in [3.8, 4) is 0 Å². The molecule has 0 spiro atoms. The summed E-state index contributed by atoms with van der Waals surface area (Å²) in [5, 5.41) is 6.29. The summed E-state index contributed by atoms with van der Waals surface area (Å²) in [6, 6.07) is 0. The van der Waals surface area contributed by atoms with Crippen LogP contribution in [0.2, 0.25) is 0 Å². The fraction of sp³-hybridized carbons (Fsp3) is 0.923. The van der Waals surface area contributed by atoms with Crippen molar-refractivity contribution in [1.82, 2.24) is 10.6 Å². The maximum atomic E-state index is 11.6. The Morgan fingerprint density at radius 2 is 2.06 bits per heavy atom. The Hall–Kier alpha value is -0.280. The van der Waals surface area contributed by atoms with Gasteiger partial charge < -0.3 is 10.6 Å². The molecule has 0 aromatic carbocycles. The number of amides is 1. The summed E-state index contributed by atoms with van der Waals surface area (Å²) in [6.07, 6.45) is 7.80. The molecule has 2 rings (SSSR count). The van der Waals surface area contributed by atoms with Gasteiger partial charge in [-0.1, -0.05) is 13.3 Å². The standard InChI is InChI=1S/C13H24N2O.ClH/c1-2-13(6-3-7-13)10-15-12(16)9-14-8-11-4-5-11;/h11,14H,2-10H2,1H3,(H,15,16);1H. The Morgan fingerprint density at radius 1 is 1.35 bits per heavy atom. The summed E-state index contributed by atoms with van der Waals surface area (Å²) in [7, 11) is 0. The van der Waals surface area contributed by atoms with Crippen LogP contribution in [-0.4, -0.2) is 25.5 Å². The van der Waals surface area contributed by atoms with Gasteiger partial charge in [-0.3, -0.25) is 4.79 Å². The average Bonchev–Trinajstić information content (AvgIpc) is 3.01. The Balaban J connectivity index is 0.00000144. The predicted molar refractivity (Wildman–Crippen MR) is 72.4 cm³/mol. The zero-order chi connectivity index (χ0) is 11.4. The topological polar surface area (TPSA) is 41.1 Å². The molecule has 2 saturated carbocycles. The van der Waals surface area contributed by atoms with E-state index in [9.17, 15) is 4.79 Å². The molecule has 0 unspecified atom stereocenters. The summed E-state index contributed by atoms with van der Waals surface area (Å²) < 4.78 is 0. The summed E-state index contributed by atoms with van der Waals surface area (Å²) >= 11 is 0. The van der Waals surface area contributed by atoms with E-state index in [1.54, 1.807) is 0 Å². The van der Waals surface area contributed by atoms with Crippen molar-refractivity contribution >= 4 is 18.3 Å². The van der Waals surface area contributed by atoms with E-state index in [-0.39, 0.29) is 18.3 Å². The minimum atomic E-state index is 0. The maximum absolute atomic E-state index is 11.6. The lowest BCUT2D eigenvalue weighted by Crippen LogP contribution is -2.44. The van der Waals surface area contributed by atoms with Crippen LogP contribution in [-0.2, 0) is 4.79 Å². The molecular formula is C13H25ClN2O. The van der Waals surface area contributed by atoms with Gasteiger partial charge in [-0.25, -0.2) is 0 Å². The van der Waals surface area contributed by atoms with Crippen LogP contribution in [0.1, 0.15) is 45.4 Å². The molecule has 1 amide bonds. The van der Waals surface area contributed by atoms with Crippen molar-refractivity contribution in [1.29, 1.82) is 0 Å². The molecule has 2 aliphatic rings. The van der Waals surface area contributed by atoms with Gasteiger partial charge in [0.2, 0.25) is 5.91 Å². The molecule has 0 aliphatic heterocycles. The van der Waals surface area contributed by atoms with Crippen LogP contribution in [0.5, 0.6) is 0 Å².